The predicted octanol–water partition coefficient (Wildman–Crippen LogP) is 6.00. The Morgan fingerprint density at radius 3 is 2.47 bits per heavy atom. The summed E-state index contributed by atoms with van der Waals surface area (Å²) in [6, 6.07) is 4.49. The number of rotatable bonds is 5. The number of pyridine rings is 2. The van der Waals surface area contributed by atoms with E-state index in [0.29, 0.717) is 38.3 Å². The van der Waals surface area contributed by atoms with E-state index >= 15 is 0 Å². The van der Waals surface area contributed by atoms with E-state index in [1.54, 1.807) is 37.8 Å². The van der Waals surface area contributed by atoms with Crippen LogP contribution in [0.5, 0.6) is 0 Å². The van der Waals surface area contributed by atoms with Crippen LogP contribution in [0.15, 0.2) is 24.4 Å². The first-order valence-electron chi connectivity index (χ1n) is 14.9. The Bertz CT molecular complexity index is 1690. The average Bonchev–Trinajstić information content (AvgIpc) is 3.18. The third-order valence-electron chi connectivity index (χ3n) is 8.80. The van der Waals surface area contributed by atoms with Gasteiger partial charge in [-0.3, -0.25) is 19.5 Å². The van der Waals surface area contributed by atoms with Gasteiger partial charge in [0.05, 0.1) is 47.9 Å². The topological polar surface area (TPSA) is 102 Å². The summed E-state index contributed by atoms with van der Waals surface area (Å²) in [7, 11) is 0. The molecule has 3 aliphatic rings. The van der Waals surface area contributed by atoms with Gasteiger partial charge in [-0.2, -0.15) is 13.2 Å². The van der Waals surface area contributed by atoms with Gasteiger partial charge in [0, 0.05) is 35.3 Å². The minimum Gasteiger partial charge on any atom is -0.444 e. The lowest BCUT2D eigenvalue weighted by atomic mass is 9.94. The summed E-state index contributed by atoms with van der Waals surface area (Å²) in [5.74, 6) is -0.972. The molecule has 13 heteroatoms. The number of amides is 3. The zero-order valence-electron chi connectivity index (χ0n) is 25.9. The smallest absolute Gasteiger partial charge is 0.433 e. The number of nitrogens with zero attached hydrogens (tertiary/aromatic N) is 4. The number of likely N-dealkylation sites (tertiary alicyclic amines) is 1. The average molecular weight is 645 g/mol. The second-order valence-electron chi connectivity index (χ2n) is 13.6. The van der Waals surface area contributed by atoms with E-state index in [-0.39, 0.29) is 60.9 Å². The monoisotopic (exact) mass is 644 g/mol. The van der Waals surface area contributed by atoms with Gasteiger partial charge in [-0.05, 0) is 62.4 Å². The lowest BCUT2D eigenvalue weighted by Gasteiger charge is -2.34. The summed E-state index contributed by atoms with van der Waals surface area (Å²) >= 11 is 1.30. The summed E-state index contributed by atoms with van der Waals surface area (Å²) in [4.78, 5) is 50.6. The lowest BCUT2D eigenvalue weighted by Crippen LogP contribution is -2.48. The number of fused-ring (bicyclic) bond motifs is 2. The number of ether oxygens (including phenoxy) is 2. The number of hydrogen-bond acceptors (Lipinski definition) is 8. The molecule has 240 valence electrons. The SMILES string of the molecule is Cc1nc(C(F)(F)F)cc(-c2ccnc3cc(CN4C(=O)C5C(C4=O)C5(C)C)sc23)c1CC1CN(C(=O)OC(C)(C)C)CCO1. The van der Waals surface area contributed by atoms with E-state index in [1.807, 2.05) is 13.8 Å². The van der Waals surface area contributed by atoms with Crippen molar-refractivity contribution in [3.05, 3.63) is 46.2 Å². The third kappa shape index (κ3) is 5.80. The number of hydrogen-bond donors (Lipinski definition) is 0. The Labute approximate surface area is 262 Å². The summed E-state index contributed by atoms with van der Waals surface area (Å²) in [6.07, 6.45) is -3.91. The first kappa shape index (κ1) is 31.4. The second kappa shape index (κ2) is 10.8. The Hall–Kier alpha value is -3.58. The Morgan fingerprint density at radius 1 is 1.13 bits per heavy atom. The van der Waals surface area contributed by atoms with Gasteiger partial charge in [0.25, 0.3) is 0 Å². The fourth-order valence-electron chi connectivity index (χ4n) is 6.50. The molecule has 5 heterocycles. The maximum Gasteiger partial charge on any atom is 0.433 e. The highest BCUT2D eigenvalue weighted by Gasteiger charge is 2.72. The van der Waals surface area contributed by atoms with Crippen LogP contribution in [0.1, 0.15) is 56.4 Å². The van der Waals surface area contributed by atoms with Crippen molar-refractivity contribution in [2.45, 2.75) is 72.4 Å². The third-order valence-corrected chi connectivity index (χ3v) is 9.94. The van der Waals surface area contributed by atoms with E-state index in [2.05, 4.69) is 9.97 Å². The number of halogens is 3. The molecule has 1 aliphatic carbocycles. The maximum atomic E-state index is 14.0. The molecular weight excluding hydrogens is 609 g/mol. The van der Waals surface area contributed by atoms with Crippen LogP contribution in [0.4, 0.5) is 18.0 Å². The highest BCUT2D eigenvalue weighted by molar-refractivity contribution is 7.19. The van der Waals surface area contributed by atoms with Gasteiger partial charge in [-0.25, -0.2) is 9.78 Å². The molecule has 3 unspecified atom stereocenters. The molecule has 3 fully saturated rings. The van der Waals surface area contributed by atoms with Crippen molar-refractivity contribution >= 4 is 39.5 Å². The van der Waals surface area contributed by atoms with Gasteiger partial charge in [0.1, 0.15) is 11.3 Å². The molecule has 9 nitrogen and oxygen atoms in total. The second-order valence-corrected chi connectivity index (χ2v) is 14.7. The van der Waals surface area contributed by atoms with Crippen LogP contribution in [0.2, 0.25) is 0 Å². The minimum atomic E-state index is -4.68. The Kier molecular flexibility index (Phi) is 7.51. The van der Waals surface area contributed by atoms with Crippen molar-refractivity contribution in [2.24, 2.45) is 17.3 Å². The van der Waals surface area contributed by atoms with Crippen molar-refractivity contribution in [2.75, 3.05) is 19.7 Å². The Balaban J connectivity index is 1.34. The highest BCUT2D eigenvalue weighted by Crippen LogP contribution is 2.63. The molecule has 0 N–H and O–H groups in total. The first-order valence-corrected chi connectivity index (χ1v) is 15.7. The zero-order chi connectivity index (χ0) is 32.6. The van der Waals surface area contributed by atoms with Crippen molar-refractivity contribution in [3.63, 3.8) is 0 Å². The van der Waals surface area contributed by atoms with Crippen LogP contribution in [0, 0.1) is 24.2 Å². The number of thiophene rings is 1. The van der Waals surface area contributed by atoms with Crippen LogP contribution in [0.3, 0.4) is 0 Å². The summed E-state index contributed by atoms with van der Waals surface area (Å²) in [6.45, 7) is 11.6. The number of piperidine rings is 1. The largest absolute Gasteiger partial charge is 0.444 e. The molecule has 1 saturated carbocycles. The van der Waals surface area contributed by atoms with Gasteiger partial charge < -0.3 is 14.4 Å². The van der Waals surface area contributed by atoms with Crippen LogP contribution < -0.4 is 0 Å². The zero-order valence-corrected chi connectivity index (χ0v) is 26.8. The molecule has 3 aromatic rings. The van der Waals surface area contributed by atoms with Crippen LogP contribution in [-0.2, 0) is 38.2 Å². The number of aryl methyl sites for hydroxylation is 1. The van der Waals surface area contributed by atoms with Crippen molar-refractivity contribution in [3.8, 4) is 11.1 Å². The predicted molar refractivity (Wildman–Crippen MR) is 160 cm³/mol. The molecular formula is C32H35F3N4O5S. The van der Waals surface area contributed by atoms with E-state index in [9.17, 15) is 27.6 Å². The van der Waals surface area contributed by atoms with Gasteiger partial charge >= 0.3 is 12.3 Å². The van der Waals surface area contributed by atoms with Crippen molar-refractivity contribution < 1.29 is 37.0 Å². The molecule has 3 amide bonds. The maximum absolute atomic E-state index is 14.0. The van der Waals surface area contributed by atoms with Crippen LogP contribution in [-0.4, -0.2) is 69.1 Å². The fourth-order valence-corrected chi connectivity index (χ4v) is 7.63. The number of alkyl halides is 3. The van der Waals surface area contributed by atoms with Gasteiger partial charge in [0.15, 0.2) is 0 Å². The van der Waals surface area contributed by atoms with Gasteiger partial charge in [-0.15, -0.1) is 11.3 Å². The quantitative estimate of drug-likeness (QED) is 0.314. The molecule has 0 spiro atoms. The van der Waals surface area contributed by atoms with Crippen LogP contribution >= 0.6 is 11.3 Å². The first-order chi connectivity index (χ1) is 21.0. The number of imide groups is 1. The van der Waals surface area contributed by atoms with Gasteiger partial charge in [0.2, 0.25) is 11.8 Å². The van der Waals surface area contributed by atoms with Gasteiger partial charge in [-0.1, -0.05) is 13.8 Å². The molecule has 0 bridgehead atoms. The molecule has 2 aliphatic heterocycles. The Morgan fingerprint density at radius 2 is 1.82 bits per heavy atom. The minimum absolute atomic E-state index is 0.0909. The highest BCUT2D eigenvalue weighted by atomic mass is 32.1. The summed E-state index contributed by atoms with van der Waals surface area (Å²) < 4.78 is 54.2. The van der Waals surface area contributed by atoms with E-state index in [0.717, 1.165) is 6.07 Å². The molecule has 45 heavy (non-hydrogen) atoms. The molecule has 3 atom stereocenters. The number of aromatic nitrogens is 2. The number of carbonyl (C=O) groups excluding carboxylic acids is 3. The molecule has 3 aromatic heterocycles. The molecule has 2 saturated heterocycles. The van der Waals surface area contributed by atoms with Crippen molar-refractivity contribution in [1.29, 1.82) is 0 Å². The van der Waals surface area contributed by atoms with E-state index in [4.69, 9.17) is 9.47 Å². The normalized spacial score (nSPS) is 23.1. The van der Waals surface area contributed by atoms with E-state index in [1.165, 1.54) is 29.4 Å². The molecule has 0 radical (unpaired) electrons. The standard InChI is InChI=1S/C32H35F3N4O5S/c1-16-20(11-17-14-38(9-10-43-17)29(42)44-30(2,3)4)21(13-23(37-16)32(33,34)35)19-7-8-36-22-12-18(45-26(19)22)15-39-27(40)24-25(28(39)41)31(24,5)6/h7-8,12-13,17,24-25H,9-11,14-15H2,1-6H3. The summed E-state index contributed by atoms with van der Waals surface area (Å²) in [5.41, 5.74) is 0.173. The fraction of sp³-hybridized carbons (Fsp3) is 0.531. The lowest BCUT2D eigenvalue weighted by molar-refractivity contribution is -0.144. The molecule has 6 rings (SSSR count). The number of carbonyl (C=O) groups is 3. The van der Waals surface area contributed by atoms with Crippen LogP contribution in [0.25, 0.3) is 21.3 Å². The van der Waals surface area contributed by atoms with E-state index < -0.39 is 29.7 Å². The van der Waals surface area contributed by atoms with Crippen molar-refractivity contribution in [1.82, 2.24) is 19.8 Å². The number of morpholine rings is 1. The molecule has 0 aromatic carbocycles. The summed E-state index contributed by atoms with van der Waals surface area (Å²) in [5, 5.41) is 0.